The van der Waals surface area contributed by atoms with Crippen molar-refractivity contribution in [1.29, 1.82) is 0 Å². The van der Waals surface area contributed by atoms with Crippen molar-refractivity contribution in [2.24, 2.45) is 5.92 Å². The summed E-state index contributed by atoms with van der Waals surface area (Å²) in [7, 11) is 0. The number of carbonyl (C=O) groups excluding carboxylic acids is 2. The van der Waals surface area contributed by atoms with Gasteiger partial charge in [-0.05, 0) is 43.0 Å². The van der Waals surface area contributed by atoms with Gasteiger partial charge >= 0.3 is 0 Å². The van der Waals surface area contributed by atoms with Crippen LogP contribution in [0.15, 0.2) is 59.2 Å². The lowest BCUT2D eigenvalue weighted by Gasteiger charge is -2.12. The minimum absolute atomic E-state index is 0.0714. The molecule has 0 fully saturated rings. The summed E-state index contributed by atoms with van der Waals surface area (Å²) in [4.78, 5) is 24.6. The number of anilines is 1. The quantitative estimate of drug-likeness (QED) is 0.799. The SMILES string of the molecule is O=C(C[C@H]1C=CCC1)Nc1ccccc1C(=O)NCc1ccco1. The van der Waals surface area contributed by atoms with Gasteiger partial charge in [-0.2, -0.15) is 0 Å². The van der Waals surface area contributed by atoms with Gasteiger partial charge in [-0.3, -0.25) is 9.59 Å². The maximum absolute atomic E-state index is 12.4. The Labute approximate surface area is 140 Å². The zero-order chi connectivity index (χ0) is 16.8. The van der Waals surface area contributed by atoms with Crippen LogP contribution in [0.3, 0.4) is 0 Å². The number of hydrogen-bond acceptors (Lipinski definition) is 3. The Balaban J connectivity index is 1.62. The first-order valence-corrected chi connectivity index (χ1v) is 8.08. The van der Waals surface area contributed by atoms with Crippen molar-refractivity contribution in [3.63, 3.8) is 0 Å². The molecule has 1 heterocycles. The van der Waals surface area contributed by atoms with E-state index in [1.54, 1.807) is 42.7 Å². The standard InChI is InChI=1S/C19H20N2O3/c22-18(12-14-6-1-2-7-14)21-17-10-4-3-9-16(17)19(23)20-13-15-8-5-11-24-15/h1,3-6,8-11,14H,2,7,12-13H2,(H,20,23)(H,21,22)/t14-/m0/s1. The van der Waals surface area contributed by atoms with Crippen LogP contribution in [-0.2, 0) is 11.3 Å². The number of allylic oxidation sites excluding steroid dienone is 2. The number of amides is 2. The minimum Gasteiger partial charge on any atom is -0.467 e. The van der Waals surface area contributed by atoms with Crippen LogP contribution >= 0.6 is 0 Å². The predicted octanol–water partition coefficient (Wildman–Crippen LogP) is 3.50. The predicted molar refractivity (Wildman–Crippen MR) is 91.4 cm³/mol. The summed E-state index contributed by atoms with van der Waals surface area (Å²) < 4.78 is 5.20. The molecule has 0 bridgehead atoms. The fourth-order valence-corrected chi connectivity index (χ4v) is 2.77. The van der Waals surface area contributed by atoms with Crippen molar-refractivity contribution >= 4 is 17.5 Å². The molecule has 2 aromatic rings. The average molecular weight is 324 g/mol. The van der Waals surface area contributed by atoms with Gasteiger partial charge in [0, 0.05) is 6.42 Å². The lowest BCUT2D eigenvalue weighted by Crippen LogP contribution is -2.25. The summed E-state index contributed by atoms with van der Waals surface area (Å²) in [5.74, 6) is 0.656. The molecule has 0 unspecified atom stereocenters. The fraction of sp³-hybridized carbons (Fsp3) is 0.263. The van der Waals surface area contributed by atoms with E-state index in [1.807, 2.05) is 0 Å². The minimum atomic E-state index is -0.247. The van der Waals surface area contributed by atoms with Crippen LogP contribution in [0.4, 0.5) is 5.69 Å². The zero-order valence-electron chi connectivity index (χ0n) is 13.3. The van der Waals surface area contributed by atoms with Crippen molar-refractivity contribution in [1.82, 2.24) is 5.32 Å². The molecule has 24 heavy (non-hydrogen) atoms. The Hall–Kier alpha value is -2.82. The Kier molecular flexibility index (Phi) is 5.11. The third kappa shape index (κ3) is 4.13. The Morgan fingerprint density at radius 2 is 2.04 bits per heavy atom. The number of para-hydroxylation sites is 1. The van der Waals surface area contributed by atoms with E-state index in [2.05, 4.69) is 22.8 Å². The van der Waals surface area contributed by atoms with E-state index in [4.69, 9.17) is 4.42 Å². The van der Waals surface area contributed by atoms with Crippen molar-refractivity contribution < 1.29 is 14.0 Å². The highest BCUT2D eigenvalue weighted by Crippen LogP contribution is 2.22. The van der Waals surface area contributed by atoms with Crippen molar-refractivity contribution in [3.8, 4) is 0 Å². The maximum atomic E-state index is 12.4. The average Bonchev–Trinajstić information content (AvgIpc) is 3.26. The smallest absolute Gasteiger partial charge is 0.253 e. The Bertz CT molecular complexity index is 735. The lowest BCUT2D eigenvalue weighted by atomic mass is 10.0. The van der Waals surface area contributed by atoms with Crippen LogP contribution in [0.25, 0.3) is 0 Å². The number of furan rings is 1. The molecular formula is C19H20N2O3. The van der Waals surface area contributed by atoms with E-state index < -0.39 is 0 Å². The van der Waals surface area contributed by atoms with E-state index >= 15 is 0 Å². The number of nitrogens with one attached hydrogen (secondary N) is 2. The zero-order valence-corrected chi connectivity index (χ0v) is 13.3. The van der Waals surface area contributed by atoms with Crippen LogP contribution < -0.4 is 10.6 Å². The maximum Gasteiger partial charge on any atom is 0.253 e. The van der Waals surface area contributed by atoms with Gasteiger partial charge in [0.2, 0.25) is 5.91 Å². The van der Waals surface area contributed by atoms with Crippen molar-refractivity contribution in [2.75, 3.05) is 5.32 Å². The first-order chi connectivity index (χ1) is 11.7. The molecule has 1 aliphatic rings. The van der Waals surface area contributed by atoms with Gasteiger partial charge in [-0.25, -0.2) is 0 Å². The van der Waals surface area contributed by atoms with Crippen molar-refractivity contribution in [2.45, 2.75) is 25.8 Å². The molecule has 0 spiro atoms. The second-order valence-electron chi connectivity index (χ2n) is 5.83. The number of rotatable bonds is 6. The number of hydrogen-bond donors (Lipinski definition) is 2. The van der Waals surface area contributed by atoms with Gasteiger partial charge in [0.15, 0.2) is 0 Å². The van der Waals surface area contributed by atoms with Crippen LogP contribution in [-0.4, -0.2) is 11.8 Å². The highest BCUT2D eigenvalue weighted by atomic mass is 16.3. The first kappa shape index (κ1) is 16.1. The highest BCUT2D eigenvalue weighted by Gasteiger charge is 2.17. The molecule has 2 N–H and O–H groups in total. The van der Waals surface area contributed by atoms with Gasteiger partial charge < -0.3 is 15.1 Å². The van der Waals surface area contributed by atoms with Crippen molar-refractivity contribution in [3.05, 3.63) is 66.1 Å². The Morgan fingerprint density at radius 3 is 2.79 bits per heavy atom. The third-order valence-corrected chi connectivity index (χ3v) is 4.01. The molecule has 1 aromatic heterocycles. The van der Waals surface area contributed by atoms with Crippen LogP contribution in [0.5, 0.6) is 0 Å². The summed E-state index contributed by atoms with van der Waals surface area (Å²) >= 11 is 0. The fourth-order valence-electron chi connectivity index (χ4n) is 2.77. The molecule has 1 atom stereocenters. The summed E-state index contributed by atoms with van der Waals surface area (Å²) in [6.45, 7) is 0.307. The van der Waals surface area contributed by atoms with Crippen LogP contribution in [0.2, 0.25) is 0 Å². The van der Waals surface area contributed by atoms with Crippen LogP contribution in [0, 0.1) is 5.92 Å². The molecule has 124 valence electrons. The molecule has 2 amide bonds. The van der Waals surface area contributed by atoms with E-state index in [-0.39, 0.29) is 11.8 Å². The largest absolute Gasteiger partial charge is 0.467 e. The first-order valence-electron chi connectivity index (χ1n) is 8.08. The molecule has 0 radical (unpaired) electrons. The summed E-state index contributed by atoms with van der Waals surface area (Å²) in [5, 5.41) is 5.65. The topological polar surface area (TPSA) is 71.3 Å². The summed E-state index contributed by atoms with van der Waals surface area (Å²) in [6, 6.07) is 10.6. The second-order valence-corrected chi connectivity index (χ2v) is 5.83. The van der Waals surface area contributed by atoms with E-state index in [0.717, 1.165) is 12.8 Å². The summed E-state index contributed by atoms with van der Waals surface area (Å²) in [5.41, 5.74) is 0.973. The molecule has 0 saturated heterocycles. The molecule has 5 heteroatoms. The molecule has 5 nitrogen and oxygen atoms in total. The lowest BCUT2D eigenvalue weighted by molar-refractivity contribution is -0.116. The monoisotopic (exact) mass is 324 g/mol. The number of benzene rings is 1. The normalized spacial score (nSPS) is 16.1. The summed E-state index contributed by atoms with van der Waals surface area (Å²) in [6.07, 6.45) is 8.24. The Morgan fingerprint density at radius 1 is 1.17 bits per heavy atom. The van der Waals surface area contributed by atoms with E-state index in [9.17, 15) is 9.59 Å². The molecular weight excluding hydrogens is 304 g/mol. The van der Waals surface area contributed by atoms with Gasteiger partial charge in [-0.1, -0.05) is 24.3 Å². The molecule has 0 saturated carbocycles. The van der Waals surface area contributed by atoms with Gasteiger partial charge in [0.1, 0.15) is 5.76 Å². The van der Waals surface area contributed by atoms with E-state index in [1.165, 1.54) is 0 Å². The van der Waals surface area contributed by atoms with Gasteiger partial charge in [0.25, 0.3) is 5.91 Å². The third-order valence-electron chi connectivity index (χ3n) is 4.01. The van der Waals surface area contributed by atoms with E-state index in [0.29, 0.717) is 35.9 Å². The molecule has 1 aromatic carbocycles. The molecule has 1 aliphatic carbocycles. The molecule has 0 aliphatic heterocycles. The highest BCUT2D eigenvalue weighted by molar-refractivity contribution is 6.03. The number of carbonyl (C=O) groups is 2. The molecule has 3 rings (SSSR count). The van der Waals surface area contributed by atoms with Gasteiger partial charge in [0.05, 0.1) is 24.1 Å². The van der Waals surface area contributed by atoms with Gasteiger partial charge in [-0.15, -0.1) is 0 Å². The second kappa shape index (κ2) is 7.64. The van der Waals surface area contributed by atoms with Crippen LogP contribution in [0.1, 0.15) is 35.4 Å².